The van der Waals surface area contributed by atoms with E-state index in [4.69, 9.17) is 0 Å². The van der Waals surface area contributed by atoms with E-state index in [1.165, 1.54) is 6.07 Å². The maximum Gasteiger partial charge on any atom is 0.321 e. The quantitative estimate of drug-likeness (QED) is 0.898. The summed E-state index contributed by atoms with van der Waals surface area (Å²) < 4.78 is 16.0. The molecule has 134 valence electrons. The van der Waals surface area contributed by atoms with Crippen LogP contribution in [-0.4, -0.2) is 45.5 Å². The summed E-state index contributed by atoms with van der Waals surface area (Å²) in [4.78, 5) is 14.0. The third-order valence-corrected chi connectivity index (χ3v) is 4.50. The molecule has 2 aromatic rings. The molecule has 1 aromatic heterocycles. The van der Waals surface area contributed by atoms with Crippen LogP contribution in [0.3, 0.4) is 0 Å². The summed E-state index contributed by atoms with van der Waals surface area (Å²) >= 11 is 0. The van der Waals surface area contributed by atoms with E-state index in [1.54, 1.807) is 21.7 Å². The highest BCUT2D eigenvalue weighted by Crippen LogP contribution is 2.21. The molecule has 1 saturated heterocycles. The van der Waals surface area contributed by atoms with Gasteiger partial charge < -0.3 is 15.3 Å². The lowest BCUT2D eigenvalue weighted by molar-refractivity contribution is 0.136. The number of halogens is 1. The highest BCUT2D eigenvalue weighted by atomic mass is 19.1. The summed E-state index contributed by atoms with van der Waals surface area (Å²) in [5.74, 6) is -0.333. The fourth-order valence-corrected chi connectivity index (χ4v) is 3.23. The van der Waals surface area contributed by atoms with Crippen molar-refractivity contribution >= 4 is 11.7 Å². The van der Waals surface area contributed by atoms with E-state index in [2.05, 4.69) is 10.4 Å². The number of amides is 2. The molecule has 2 N–H and O–H groups in total. The Labute approximate surface area is 146 Å². The molecule has 1 aromatic carbocycles. The largest absolute Gasteiger partial charge is 0.396 e. The summed E-state index contributed by atoms with van der Waals surface area (Å²) in [6, 6.07) is 6.19. The molecular formula is C18H23FN4O2. The molecule has 1 aliphatic rings. The third-order valence-electron chi connectivity index (χ3n) is 4.50. The lowest BCUT2D eigenvalue weighted by Crippen LogP contribution is -2.43. The zero-order valence-corrected chi connectivity index (χ0v) is 14.5. The van der Waals surface area contributed by atoms with Gasteiger partial charge in [0.1, 0.15) is 5.69 Å². The predicted molar refractivity (Wildman–Crippen MR) is 93.4 cm³/mol. The van der Waals surface area contributed by atoms with E-state index in [-0.39, 0.29) is 18.6 Å². The molecule has 0 spiro atoms. The van der Waals surface area contributed by atoms with Crippen molar-refractivity contribution in [3.63, 3.8) is 0 Å². The van der Waals surface area contributed by atoms with Crippen LogP contribution in [0, 0.1) is 25.6 Å². The number of aliphatic hydroxyl groups is 1. The number of anilines is 1. The van der Waals surface area contributed by atoms with E-state index in [0.29, 0.717) is 24.5 Å². The number of hydrogen-bond donors (Lipinski definition) is 2. The Morgan fingerprint density at radius 1 is 1.40 bits per heavy atom. The molecular weight excluding hydrogens is 323 g/mol. The minimum absolute atomic E-state index is 0.0791. The predicted octanol–water partition coefficient (Wildman–Crippen LogP) is 2.86. The first-order valence-electron chi connectivity index (χ1n) is 8.48. The molecule has 0 aliphatic carbocycles. The number of nitrogens with one attached hydrogen (secondary N) is 1. The van der Waals surface area contributed by atoms with Gasteiger partial charge in [0.05, 0.1) is 5.69 Å². The van der Waals surface area contributed by atoms with Gasteiger partial charge in [-0.1, -0.05) is 0 Å². The topological polar surface area (TPSA) is 70.4 Å². The molecule has 2 amide bonds. The molecule has 6 nitrogen and oxygen atoms in total. The molecule has 0 radical (unpaired) electrons. The summed E-state index contributed by atoms with van der Waals surface area (Å²) in [5.41, 5.74) is 2.41. The molecule has 7 heteroatoms. The van der Waals surface area contributed by atoms with Crippen LogP contribution in [0.5, 0.6) is 0 Å². The number of nitrogens with zero attached hydrogens (tertiary/aromatic N) is 3. The van der Waals surface area contributed by atoms with Crippen molar-refractivity contribution in [3.05, 3.63) is 41.5 Å². The third kappa shape index (κ3) is 3.82. The first-order chi connectivity index (χ1) is 12.0. The van der Waals surface area contributed by atoms with E-state index >= 15 is 0 Å². The van der Waals surface area contributed by atoms with Crippen molar-refractivity contribution < 1.29 is 14.3 Å². The number of carbonyl (C=O) groups excluding carboxylic acids is 1. The fraction of sp³-hybridized carbons (Fsp3) is 0.444. The number of aryl methyl sites for hydroxylation is 2. The number of rotatable bonds is 3. The first kappa shape index (κ1) is 17.4. The molecule has 25 heavy (non-hydrogen) atoms. The summed E-state index contributed by atoms with van der Waals surface area (Å²) in [7, 11) is 0. The summed E-state index contributed by atoms with van der Waals surface area (Å²) in [6.07, 6.45) is 1.79. The molecule has 1 atom stereocenters. The number of aliphatic hydroxyl groups excluding tert-OH is 1. The number of benzene rings is 1. The highest BCUT2D eigenvalue weighted by molar-refractivity contribution is 5.89. The van der Waals surface area contributed by atoms with Gasteiger partial charge in [-0.25, -0.2) is 13.9 Å². The van der Waals surface area contributed by atoms with Crippen molar-refractivity contribution in [1.29, 1.82) is 0 Å². The second-order valence-corrected chi connectivity index (χ2v) is 6.57. The monoisotopic (exact) mass is 346 g/mol. The van der Waals surface area contributed by atoms with Crippen molar-refractivity contribution in [3.8, 4) is 5.69 Å². The standard InChI is InChI=1S/C18H23FN4O2/c1-12-8-13(2)23(21-12)17-6-5-15(9-16(17)19)20-18(25)22-7-3-4-14(10-22)11-24/h5-6,8-9,14,24H,3-4,7,10-11H2,1-2H3,(H,20,25). The molecule has 1 fully saturated rings. The van der Waals surface area contributed by atoms with Crippen molar-refractivity contribution in [2.45, 2.75) is 26.7 Å². The Morgan fingerprint density at radius 3 is 2.84 bits per heavy atom. The van der Waals surface area contributed by atoms with Crippen molar-refractivity contribution in [2.75, 3.05) is 25.0 Å². The van der Waals surface area contributed by atoms with Gasteiger partial charge in [0, 0.05) is 31.1 Å². The highest BCUT2D eigenvalue weighted by Gasteiger charge is 2.23. The molecule has 0 saturated carbocycles. The van der Waals surface area contributed by atoms with Gasteiger partial charge in [0.2, 0.25) is 0 Å². The van der Waals surface area contributed by atoms with Gasteiger partial charge in [0.25, 0.3) is 0 Å². The fourth-order valence-electron chi connectivity index (χ4n) is 3.23. The van der Waals surface area contributed by atoms with Crippen LogP contribution < -0.4 is 5.32 Å². The average molecular weight is 346 g/mol. The van der Waals surface area contributed by atoms with Gasteiger partial charge in [-0.15, -0.1) is 0 Å². The van der Waals surface area contributed by atoms with E-state index in [1.807, 2.05) is 19.9 Å². The Bertz CT molecular complexity index is 774. The van der Waals surface area contributed by atoms with Gasteiger partial charge in [-0.05, 0) is 56.9 Å². The number of carbonyl (C=O) groups is 1. The maximum absolute atomic E-state index is 14.5. The van der Waals surface area contributed by atoms with Crippen LogP contribution in [0.25, 0.3) is 5.69 Å². The molecule has 1 aliphatic heterocycles. The lowest BCUT2D eigenvalue weighted by Gasteiger charge is -2.31. The Morgan fingerprint density at radius 2 is 2.20 bits per heavy atom. The molecule has 0 bridgehead atoms. The minimum atomic E-state index is -0.448. The second kappa shape index (κ2) is 7.23. The smallest absolute Gasteiger partial charge is 0.321 e. The van der Waals surface area contributed by atoms with Gasteiger partial charge in [0.15, 0.2) is 5.82 Å². The van der Waals surface area contributed by atoms with Crippen LogP contribution in [0.2, 0.25) is 0 Å². The number of piperidine rings is 1. The van der Waals surface area contributed by atoms with Crippen LogP contribution in [-0.2, 0) is 0 Å². The Hall–Kier alpha value is -2.41. The normalized spacial score (nSPS) is 17.6. The van der Waals surface area contributed by atoms with Crippen LogP contribution in [0.4, 0.5) is 14.9 Å². The van der Waals surface area contributed by atoms with E-state index in [0.717, 1.165) is 24.2 Å². The number of urea groups is 1. The number of likely N-dealkylation sites (tertiary alicyclic amines) is 1. The zero-order chi connectivity index (χ0) is 18.0. The Balaban J connectivity index is 1.72. The van der Waals surface area contributed by atoms with Gasteiger partial charge in [-0.2, -0.15) is 5.10 Å². The summed E-state index contributed by atoms with van der Waals surface area (Å²) in [6.45, 7) is 4.97. The van der Waals surface area contributed by atoms with E-state index in [9.17, 15) is 14.3 Å². The SMILES string of the molecule is Cc1cc(C)n(-c2ccc(NC(=O)N3CCCC(CO)C3)cc2F)n1. The van der Waals surface area contributed by atoms with E-state index < -0.39 is 5.82 Å². The average Bonchev–Trinajstić information content (AvgIpc) is 2.93. The number of hydrogen-bond acceptors (Lipinski definition) is 3. The van der Waals surface area contributed by atoms with Crippen molar-refractivity contribution in [2.24, 2.45) is 5.92 Å². The first-order valence-corrected chi connectivity index (χ1v) is 8.48. The molecule has 1 unspecified atom stereocenters. The second-order valence-electron chi connectivity index (χ2n) is 6.57. The van der Waals surface area contributed by atoms with Crippen molar-refractivity contribution in [1.82, 2.24) is 14.7 Å². The zero-order valence-electron chi connectivity index (χ0n) is 14.5. The lowest BCUT2D eigenvalue weighted by atomic mass is 9.99. The molecule has 2 heterocycles. The van der Waals surface area contributed by atoms with Crippen LogP contribution >= 0.6 is 0 Å². The maximum atomic E-state index is 14.5. The van der Waals surface area contributed by atoms with Gasteiger partial charge in [-0.3, -0.25) is 0 Å². The Kier molecular flexibility index (Phi) is 5.03. The minimum Gasteiger partial charge on any atom is -0.396 e. The summed E-state index contributed by atoms with van der Waals surface area (Å²) in [5, 5.41) is 16.3. The molecule has 3 rings (SSSR count). The van der Waals surface area contributed by atoms with Gasteiger partial charge >= 0.3 is 6.03 Å². The number of aromatic nitrogens is 2. The van der Waals surface area contributed by atoms with Crippen LogP contribution in [0.15, 0.2) is 24.3 Å². The van der Waals surface area contributed by atoms with Crippen LogP contribution in [0.1, 0.15) is 24.2 Å².